The molecule has 102 valence electrons. The summed E-state index contributed by atoms with van der Waals surface area (Å²) >= 11 is 5.90. The number of rotatable bonds is 4. The highest BCUT2D eigenvalue weighted by Crippen LogP contribution is 2.30. The Morgan fingerprint density at radius 1 is 1.53 bits per heavy atom. The predicted octanol–water partition coefficient (Wildman–Crippen LogP) is 2.56. The number of nitrogens with zero attached hydrogens (tertiary/aromatic N) is 1. The van der Waals surface area contributed by atoms with Crippen LogP contribution in [0.4, 0.5) is 5.69 Å². The van der Waals surface area contributed by atoms with E-state index >= 15 is 0 Å². The monoisotopic (exact) mass is 281 g/mol. The lowest BCUT2D eigenvalue weighted by atomic mass is 9.83. The fourth-order valence-corrected chi connectivity index (χ4v) is 2.23. The lowest BCUT2D eigenvalue weighted by Gasteiger charge is -2.24. The molecule has 1 aromatic carbocycles. The third-order valence-corrected chi connectivity index (χ3v) is 3.57. The Hall–Kier alpha value is -1.75. The van der Waals surface area contributed by atoms with Crippen LogP contribution in [0.2, 0.25) is 5.02 Å². The van der Waals surface area contributed by atoms with Crippen molar-refractivity contribution in [1.29, 1.82) is 0 Å². The molecule has 5 nitrogen and oxygen atoms in total. The van der Waals surface area contributed by atoms with Crippen molar-refractivity contribution in [2.75, 3.05) is 5.32 Å². The number of anilines is 1. The van der Waals surface area contributed by atoms with E-state index in [1.807, 2.05) is 0 Å². The van der Waals surface area contributed by atoms with Gasteiger partial charge in [-0.1, -0.05) is 23.2 Å². The van der Waals surface area contributed by atoms with Gasteiger partial charge in [-0.2, -0.15) is 0 Å². The maximum atomic E-state index is 11.9. The van der Waals surface area contributed by atoms with Crippen LogP contribution in [-0.4, -0.2) is 17.0 Å². The molecule has 1 fully saturated rings. The van der Waals surface area contributed by atoms with E-state index in [0.717, 1.165) is 12.8 Å². The molecule has 0 unspecified atom stereocenters. The number of carbonyl (C=O) groups is 1. The first-order valence-corrected chi connectivity index (χ1v) is 6.55. The number of hydrogen-bond donors (Lipinski definition) is 3. The van der Waals surface area contributed by atoms with Gasteiger partial charge in [0.1, 0.15) is 0 Å². The fourth-order valence-electron chi connectivity index (χ4n) is 2.06. The van der Waals surface area contributed by atoms with Crippen molar-refractivity contribution in [2.24, 2.45) is 16.8 Å². The molecule has 1 saturated carbocycles. The van der Waals surface area contributed by atoms with Gasteiger partial charge in [0.15, 0.2) is 5.84 Å². The molecule has 0 bridgehead atoms. The summed E-state index contributed by atoms with van der Waals surface area (Å²) in [5, 5.41) is 14.9. The number of halogens is 1. The second-order valence-corrected chi connectivity index (χ2v) is 5.16. The van der Waals surface area contributed by atoms with Crippen molar-refractivity contribution in [3.63, 3.8) is 0 Å². The van der Waals surface area contributed by atoms with Crippen molar-refractivity contribution in [3.05, 3.63) is 28.8 Å². The van der Waals surface area contributed by atoms with Crippen LogP contribution < -0.4 is 11.1 Å². The molecule has 4 N–H and O–H groups in total. The van der Waals surface area contributed by atoms with Gasteiger partial charge in [-0.15, -0.1) is 0 Å². The average Bonchev–Trinajstić information content (AvgIpc) is 2.33. The van der Waals surface area contributed by atoms with E-state index < -0.39 is 0 Å². The maximum Gasteiger partial charge on any atom is 0.224 e. The van der Waals surface area contributed by atoms with Crippen molar-refractivity contribution in [2.45, 2.75) is 25.7 Å². The van der Waals surface area contributed by atoms with Gasteiger partial charge in [0, 0.05) is 17.0 Å². The number of carbonyl (C=O) groups excluding carboxylic acids is 1. The van der Waals surface area contributed by atoms with Crippen LogP contribution in [0.15, 0.2) is 23.4 Å². The summed E-state index contributed by atoms with van der Waals surface area (Å²) in [5.41, 5.74) is 6.48. The number of nitrogens with one attached hydrogen (secondary N) is 1. The molecule has 0 radical (unpaired) electrons. The zero-order chi connectivity index (χ0) is 13.8. The maximum absolute atomic E-state index is 11.9. The van der Waals surface area contributed by atoms with Gasteiger partial charge in [-0.05, 0) is 37.0 Å². The lowest BCUT2D eigenvalue weighted by Crippen LogP contribution is -2.23. The Bertz CT molecular complexity index is 513. The molecule has 0 saturated heterocycles. The van der Waals surface area contributed by atoms with Crippen LogP contribution >= 0.6 is 11.6 Å². The molecule has 1 aliphatic carbocycles. The zero-order valence-electron chi connectivity index (χ0n) is 10.4. The summed E-state index contributed by atoms with van der Waals surface area (Å²) < 4.78 is 0. The van der Waals surface area contributed by atoms with Gasteiger partial charge in [0.25, 0.3) is 0 Å². The number of nitrogens with two attached hydrogens (primary N) is 1. The lowest BCUT2D eigenvalue weighted by molar-refractivity contribution is -0.117. The molecule has 6 heteroatoms. The van der Waals surface area contributed by atoms with E-state index in [1.54, 1.807) is 18.2 Å². The molecule has 0 heterocycles. The van der Waals surface area contributed by atoms with Crippen LogP contribution in [0, 0.1) is 5.92 Å². The van der Waals surface area contributed by atoms with E-state index in [-0.39, 0.29) is 11.7 Å². The Morgan fingerprint density at radius 2 is 2.26 bits per heavy atom. The average molecular weight is 282 g/mol. The van der Waals surface area contributed by atoms with Crippen LogP contribution in [0.25, 0.3) is 0 Å². The molecule has 1 aromatic rings. The Kier molecular flexibility index (Phi) is 4.27. The summed E-state index contributed by atoms with van der Waals surface area (Å²) in [6, 6.07) is 4.82. The molecule has 0 spiro atoms. The minimum atomic E-state index is -0.0704. The van der Waals surface area contributed by atoms with Gasteiger partial charge in [0.2, 0.25) is 5.91 Å². The highest BCUT2D eigenvalue weighted by atomic mass is 35.5. The number of hydrogen-bond acceptors (Lipinski definition) is 3. The summed E-state index contributed by atoms with van der Waals surface area (Å²) in [5.74, 6) is 0.348. The molecule has 0 atom stereocenters. The van der Waals surface area contributed by atoms with Crippen molar-refractivity contribution in [1.82, 2.24) is 0 Å². The Morgan fingerprint density at radius 3 is 2.84 bits per heavy atom. The molecule has 2 rings (SSSR count). The van der Waals surface area contributed by atoms with E-state index in [1.165, 1.54) is 6.42 Å². The van der Waals surface area contributed by atoms with E-state index in [4.69, 9.17) is 22.5 Å². The first-order valence-electron chi connectivity index (χ1n) is 6.17. The van der Waals surface area contributed by atoms with Gasteiger partial charge < -0.3 is 16.3 Å². The van der Waals surface area contributed by atoms with E-state index in [0.29, 0.717) is 28.6 Å². The molecule has 1 amide bonds. The standard InChI is InChI=1S/C13H16ClN3O2/c14-9-4-5-10(13(15)17-19)11(7-9)16-12(18)6-8-2-1-3-8/h4-5,7-8,19H,1-3,6H2,(H2,15,17)(H,16,18). The SMILES string of the molecule is N/C(=N/O)c1ccc(Cl)cc1NC(=O)CC1CCC1. The van der Waals surface area contributed by atoms with Crippen LogP contribution in [0.1, 0.15) is 31.2 Å². The molecule has 1 aliphatic rings. The number of amides is 1. The quantitative estimate of drug-likeness (QED) is 0.343. The topological polar surface area (TPSA) is 87.7 Å². The van der Waals surface area contributed by atoms with Crippen LogP contribution in [0.3, 0.4) is 0 Å². The summed E-state index contributed by atoms with van der Waals surface area (Å²) in [4.78, 5) is 11.9. The smallest absolute Gasteiger partial charge is 0.224 e. The van der Waals surface area contributed by atoms with E-state index in [2.05, 4.69) is 10.5 Å². The largest absolute Gasteiger partial charge is 0.409 e. The highest BCUT2D eigenvalue weighted by Gasteiger charge is 2.21. The summed E-state index contributed by atoms with van der Waals surface area (Å²) in [7, 11) is 0. The van der Waals surface area contributed by atoms with Crippen LogP contribution in [-0.2, 0) is 4.79 Å². The highest BCUT2D eigenvalue weighted by molar-refractivity contribution is 6.31. The van der Waals surface area contributed by atoms with Crippen molar-refractivity contribution >= 4 is 29.0 Å². The molecule has 0 aliphatic heterocycles. The number of benzene rings is 1. The Balaban J connectivity index is 2.13. The minimum Gasteiger partial charge on any atom is -0.409 e. The van der Waals surface area contributed by atoms with Crippen molar-refractivity contribution in [3.8, 4) is 0 Å². The van der Waals surface area contributed by atoms with E-state index in [9.17, 15) is 4.79 Å². The molecular weight excluding hydrogens is 266 g/mol. The van der Waals surface area contributed by atoms with Crippen LogP contribution in [0.5, 0.6) is 0 Å². The van der Waals surface area contributed by atoms with Gasteiger partial charge >= 0.3 is 0 Å². The molecule has 0 aromatic heterocycles. The fraction of sp³-hybridized carbons (Fsp3) is 0.385. The normalized spacial score (nSPS) is 15.9. The molecular formula is C13H16ClN3O2. The summed E-state index contributed by atoms with van der Waals surface area (Å²) in [6.45, 7) is 0. The van der Waals surface area contributed by atoms with Gasteiger partial charge in [0.05, 0.1) is 5.69 Å². The molecule has 19 heavy (non-hydrogen) atoms. The third-order valence-electron chi connectivity index (χ3n) is 3.34. The number of amidine groups is 1. The zero-order valence-corrected chi connectivity index (χ0v) is 11.2. The van der Waals surface area contributed by atoms with Gasteiger partial charge in [-0.3, -0.25) is 4.79 Å². The predicted molar refractivity (Wildman–Crippen MR) is 74.6 cm³/mol. The number of oxime groups is 1. The first-order chi connectivity index (χ1) is 9.10. The second-order valence-electron chi connectivity index (χ2n) is 4.72. The third kappa shape index (κ3) is 3.38. The first kappa shape index (κ1) is 13.7. The summed E-state index contributed by atoms with van der Waals surface area (Å²) in [6.07, 6.45) is 3.92. The minimum absolute atomic E-state index is 0.0596. The Labute approximate surface area is 116 Å². The van der Waals surface area contributed by atoms with Crippen molar-refractivity contribution < 1.29 is 10.0 Å². The second kappa shape index (κ2) is 5.93. The van der Waals surface area contributed by atoms with Gasteiger partial charge in [-0.25, -0.2) is 0 Å².